The molecule has 1 rings (SSSR count). The zero-order valence-corrected chi connectivity index (χ0v) is 14.2. The Morgan fingerprint density at radius 2 is 1.62 bits per heavy atom. The molecule has 21 heavy (non-hydrogen) atoms. The summed E-state index contributed by atoms with van der Waals surface area (Å²) in [5.74, 6) is 0.519. The summed E-state index contributed by atoms with van der Waals surface area (Å²) in [5.41, 5.74) is 0.688. The third-order valence-corrected chi connectivity index (χ3v) is 3.32. The number of aryl methyl sites for hydroxylation is 1. The lowest BCUT2D eigenvalue weighted by Gasteiger charge is -2.32. The second-order valence-corrected chi connectivity index (χ2v) is 7.77. The average molecular weight is 291 g/mol. The number of carbonyl (C=O) groups excluding carboxylic acids is 1. The van der Waals surface area contributed by atoms with E-state index in [0.29, 0.717) is 0 Å². The van der Waals surface area contributed by atoms with Crippen LogP contribution in [-0.2, 0) is 11.2 Å². The lowest BCUT2D eigenvalue weighted by Crippen LogP contribution is -2.51. The van der Waals surface area contributed by atoms with Crippen molar-refractivity contribution >= 4 is 5.78 Å². The molecule has 0 aliphatic rings. The molecule has 0 fully saturated rings. The number of aromatic hydroxyl groups is 1. The second kappa shape index (κ2) is 6.61. The fraction of sp³-hybridized carbons (Fsp3) is 0.611. The average Bonchev–Trinajstić information content (AvgIpc) is 2.33. The first-order valence-electron chi connectivity index (χ1n) is 7.59. The van der Waals surface area contributed by atoms with Crippen molar-refractivity contribution in [2.24, 2.45) is 5.41 Å². The molecule has 1 atom stereocenters. The van der Waals surface area contributed by atoms with Crippen LogP contribution in [0.1, 0.15) is 53.5 Å². The summed E-state index contributed by atoms with van der Waals surface area (Å²) in [6, 6.07) is 7.04. The minimum Gasteiger partial charge on any atom is -0.508 e. The van der Waals surface area contributed by atoms with E-state index < -0.39 is 0 Å². The maximum absolute atomic E-state index is 12.6. The molecule has 0 saturated carbocycles. The van der Waals surface area contributed by atoms with Crippen molar-refractivity contribution in [2.45, 2.75) is 66.0 Å². The van der Waals surface area contributed by atoms with Gasteiger partial charge in [-0.25, -0.2) is 0 Å². The number of carbonyl (C=O) groups is 1. The van der Waals surface area contributed by atoms with Gasteiger partial charge in [0.1, 0.15) is 5.75 Å². The molecule has 1 aromatic rings. The molecule has 3 nitrogen and oxygen atoms in total. The maximum Gasteiger partial charge on any atom is 0.155 e. The Labute approximate surface area is 128 Å². The molecule has 2 N–H and O–H groups in total. The number of Topliss-reactive ketones (excluding diaryl/α,β-unsaturated/α-hetero) is 1. The molecule has 0 aliphatic carbocycles. The first-order chi connectivity index (χ1) is 9.49. The van der Waals surface area contributed by atoms with Crippen LogP contribution in [0.25, 0.3) is 0 Å². The first-order valence-corrected chi connectivity index (χ1v) is 7.59. The molecule has 1 unspecified atom stereocenters. The first kappa shape index (κ1) is 17.7. The van der Waals surface area contributed by atoms with Crippen molar-refractivity contribution < 1.29 is 9.90 Å². The summed E-state index contributed by atoms with van der Waals surface area (Å²) in [5, 5.41) is 12.8. The van der Waals surface area contributed by atoms with Crippen molar-refractivity contribution in [3.8, 4) is 5.75 Å². The van der Waals surface area contributed by atoms with Gasteiger partial charge in [0.2, 0.25) is 0 Å². The van der Waals surface area contributed by atoms with Crippen LogP contribution in [0.15, 0.2) is 24.3 Å². The van der Waals surface area contributed by atoms with Crippen molar-refractivity contribution in [2.75, 3.05) is 0 Å². The summed E-state index contributed by atoms with van der Waals surface area (Å²) < 4.78 is 0. The van der Waals surface area contributed by atoms with Crippen LogP contribution in [-0.4, -0.2) is 22.5 Å². The Morgan fingerprint density at radius 1 is 1.10 bits per heavy atom. The van der Waals surface area contributed by atoms with Gasteiger partial charge in [-0.05, 0) is 51.3 Å². The van der Waals surface area contributed by atoms with Gasteiger partial charge in [-0.1, -0.05) is 32.9 Å². The number of hydrogen-bond acceptors (Lipinski definition) is 3. The Bertz CT molecular complexity index is 463. The molecule has 0 amide bonds. The van der Waals surface area contributed by atoms with Crippen molar-refractivity contribution in [3.05, 3.63) is 29.8 Å². The number of ketones is 1. The number of phenols is 1. The fourth-order valence-electron chi connectivity index (χ4n) is 2.29. The molecule has 0 aliphatic heterocycles. The number of benzene rings is 1. The molecule has 3 heteroatoms. The van der Waals surface area contributed by atoms with E-state index in [9.17, 15) is 9.90 Å². The highest BCUT2D eigenvalue weighted by atomic mass is 16.3. The van der Waals surface area contributed by atoms with Crippen molar-refractivity contribution in [3.63, 3.8) is 0 Å². The number of hydrogen-bond donors (Lipinski definition) is 2. The van der Waals surface area contributed by atoms with Crippen LogP contribution in [0.2, 0.25) is 0 Å². The predicted octanol–water partition coefficient (Wildman–Crippen LogP) is 3.70. The van der Waals surface area contributed by atoms with Crippen LogP contribution in [0.5, 0.6) is 5.75 Å². The lowest BCUT2D eigenvalue weighted by molar-refractivity contribution is -0.129. The SMILES string of the molecule is CC(C)(C)NC(CCc1ccc(O)cc1)C(=O)C(C)(C)C. The maximum atomic E-state index is 12.6. The fourth-order valence-corrected chi connectivity index (χ4v) is 2.29. The topological polar surface area (TPSA) is 49.3 Å². The predicted molar refractivity (Wildman–Crippen MR) is 87.6 cm³/mol. The lowest BCUT2D eigenvalue weighted by atomic mass is 9.83. The highest BCUT2D eigenvalue weighted by Crippen LogP contribution is 2.21. The van der Waals surface area contributed by atoms with E-state index in [1.54, 1.807) is 12.1 Å². The number of phenolic OH excluding ortho intramolecular Hbond substituents is 1. The quantitative estimate of drug-likeness (QED) is 0.869. The largest absolute Gasteiger partial charge is 0.508 e. The number of nitrogens with one attached hydrogen (secondary N) is 1. The van der Waals surface area contributed by atoms with Crippen molar-refractivity contribution in [1.29, 1.82) is 0 Å². The van der Waals surface area contributed by atoms with E-state index in [4.69, 9.17) is 0 Å². The van der Waals surface area contributed by atoms with E-state index in [1.807, 2.05) is 32.9 Å². The zero-order chi connectivity index (χ0) is 16.3. The summed E-state index contributed by atoms with van der Waals surface area (Å²) in [6.45, 7) is 12.1. The molecule has 0 aromatic heterocycles. The Hall–Kier alpha value is -1.35. The molecular weight excluding hydrogens is 262 g/mol. The highest BCUT2D eigenvalue weighted by molar-refractivity contribution is 5.88. The Morgan fingerprint density at radius 3 is 2.05 bits per heavy atom. The zero-order valence-electron chi connectivity index (χ0n) is 14.2. The van der Waals surface area contributed by atoms with E-state index in [2.05, 4.69) is 26.1 Å². The minimum atomic E-state index is -0.349. The minimum absolute atomic E-state index is 0.0967. The second-order valence-electron chi connectivity index (χ2n) is 7.77. The van der Waals surface area contributed by atoms with Gasteiger partial charge in [-0.15, -0.1) is 0 Å². The van der Waals surface area contributed by atoms with Gasteiger partial charge in [0, 0.05) is 11.0 Å². The van der Waals surface area contributed by atoms with Crippen LogP contribution in [0, 0.1) is 5.41 Å². The molecule has 0 bridgehead atoms. The number of rotatable bonds is 5. The Kier molecular flexibility index (Phi) is 5.57. The van der Waals surface area contributed by atoms with Crippen LogP contribution in [0.4, 0.5) is 0 Å². The molecule has 0 spiro atoms. The molecule has 1 aromatic carbocycles. The summed E-state index contributed by atoms with van der Waals surface area (Å²) in [7, 11) is 0. The van der Waals surface area contributed by atoms with E-state index in [1.165, 1.54) is 0 Å². The molecule has 118 valence electrons. The van der Waals surface area contributed by atoms with Gasteiger partial charge in [-0.3, -0.25) is 4.79 Å². The van der Waals surface area contributed by atoms with Gasteiger partial charge < -0.3 is 10.4 Å². The van der Waals surface area contributed by atoms with Crippen LogP contribution in [0.3, 0.4) is 0 Å². The molecule has 0 heterocycles. The monoisotopic (exact) mass is 291 g/mol. The van der Waals surface area contributed by atoms with E-state index in [-0.39, 0.29) is 28.5 Å². The molecular formula is C18H29NO2. The van der Waals surface area contributed by atoms with Crippen molar-refractivity contribution in [1.82, 2.24) is 5.32 Å². The third kappa shape index (κ3) is 6.30. The van der Waals surface area contributed by atoms with E-state index >= 15 is 0 Å². The summed E-state index contributed by atoms with van der Waals surface area (Å²) in [6.07, 6.45) is 1.58. The third-order valence-electron chi connectivity index (χ3n) is 3.32. The normalized spacial score (nSPS) is 14.0. The van der Waals surface area contributed by atoms with Gasteiger partial charge >= 0.3 is 0 Å². The van der Waals surface area contributed by atoms with Gasteiger partial charge in [0.25, 0.3) is 0 Å². The summed E-state index contributed by atoms with van der Waals surface area (Å²) in [4.78, 5) is 12.6. The Balaban J connectivity index is 2.78. The smallest absolute Gasteiger partial charge is 0.155 e. The summed E-state index contributed by atoms with van der Waals surface area (Å²) >= 11 is 0. The molecule has 0 saturated heterocycles. The van der Waals surface area contributed by atoms with Gasteiger partial charge in [-0.2, -0.15) is 0 Å². The highest BCUT2D eigenvalue weighted by Gasteiger charge is 2.31. The van der Waals surface area contributed by atoms with Crippen LogP contribution < -0.4 is 5.32 Å². The van der Waals surface area contributed by atoms with Crippen LogP contribution >= 0.6 is 0 Å². The standard InChI is InChI=1S/C18H29NO2/c1-17(2,3)16(21)15(19-18(4,5)6)12-9-13-7-10-14(20)11-8-13/h7-8,10-11,15,19-20H,9,12H2,1-6H3. The molecule has 0 radical (unpaired) electrons. The van der Waals surface area contributed by atoms with Gasteiger partial charge in [0.15, 0.2) is 5.78 Å². The van der Waals surface area contributed by atoms with Gasteiger partial charge in [0.05, 0.1) is 6.04 Å². The van der Waals surface area contributed by atoms with E-state index in [0.717, 1.165) is 18.4 Å².